The van der Waals surface area contributed by atoms with Gasteiger partial charge in [-0.25, -0.2) is 19.4 Å². The van der Waals surface area contributed by atoms with Crippen LogP contribution in [0.25, 0.3) is 0 Å². The lowest BCUT2D eigenvalue weighted by Crippen LogP contribution is -2.35. The van der Waals surface area contributed by atoms with Gasteiger partial charge in [-0.15, -0.1) is 0 Å². The second-order valence-corrected chi connectivity index (χ2v) is 7.68. The molecule has 168 valence electrons. The molecule has 1 aromatic rings. The molecule has 10 heteroatoms. The molecule has 1 unspecified atom stereocenters. The van der Waals surface area contributed by atoms with E-state index in [1.165, 1.54) is 6.07 Å². The van der Waals surface area contributed by atoms with E-state index < -0.39 is 29.9 Å². The zero-order valence-electron chi connectivity index (χ0n) is 17.2. The molecule has 0 aromatic heterocycles. The van der Waals surface area contributed by atoms with Crippen molar-refractivity contribution in [3.63, 3.8) is 0 Å². The highest BCUT2D eigenvalue weighted by atomic mass is 17.2. The molecule has 0 aliphatic heterocycles. The number of carbonyl (C=O) groups is 4. The molecule has 0 spiro atoms. The number of carboxylic acids is 1. The molecule has 3 N–H and O–H groups in total. The quantitative estimate of drug-likeness (QED) is 0.141. The molecule has 1 aromatic carbocycles. The number of amides is 1. The minimum atomic E-state index is -1.78. The van der Waals surface area contributed by atoms with Gasteiger partial charge in [-0.1, -0.05) is 18.2 Å². The first kappa shape index (κ1) is 22.9. The number of nitrogens with one attached hydrogen (secondary N) is 2. The lowest BCUT2D eigenvalue weighted by atomic mass is 9.87. The van der Waals surface area contributed by atoms with Crippen LogP contribution in [0, 0.1) is 5.92 Å². The van der Waals surface area contributed by atoms with Crippen molar-refractivity contribution in [1.82, 2.24) is 10.6 Å². The number of aliphatic carboxylic acids is 1. The summed E-state index contributed by atoms with van der Waals surface area (Å²) in [5.41, 5.74) is -0.955. The standard InChI is InChI=1S/C21H26N2O8/c1-22-9-13-5-7-14(8-6-13)30-20(28)21(31-29-11-18(26)27)16-4-2-3-15(19(16)21)17(25)10-23-12-24/h2-4,12-14,22H,5-11H2,1H3,(H,23,24)(H,26,27). The van der Waals surface area contributed by atoms with Gasteiger partial charge in [0.25, 0.3) is 5.60 Å². The third-order valence-electron chi connectivity index (χ3n) is 5.59. The van der Waals surface area contributed by atoms with Gasteiger partial charge in [0.2, 0.25) is 6.41 Å². The molecule has 2 aliphatic rings. The molecule has 3 rings (SSSR count). The molecule has 1 amide bonds. The van der Waals surface area contributed by atoms with E-state index in [0.717, 1.165) is 19.4 Å². The lowest BCUT2D eigenvalue weighted by molar-refractivity contribution is -0.335. The summed E-state index contributed by atoms with van der Waals surface area (Å²) in [5, 5.41) is 14.3. The number of ether oxygens (including phenoxy) is 1. The van der Waals surface area contributed by atoms with Crippen LogP contribution in [-0.4, -0.2) is 62.1 Å². The van der Waals surface area contributed by atoms with Crippen LogP contribution >= 0.6 is 0 Å². The highest BCUT2D eigenvalue weighted by Crippen LogP contribution is 2.54. The average Bonchev–Trinajstić information content (AvgIpc) is 3.42. The second-order valence-electron chi connectivity index (χ2n) is 7.68. The van der Waals surface area contributed by atoms with Crippen molar-refractivity contribution < 1.29 is 38.8 Å². The Kier molecular flexibility index (Phi) is 7.37. The molecule has 1 saturated carbocycles. The number of hydrogen-bond acceptors (Lipinski definition) is 8. The van der Waals surface area contributed by atoms with Crippen LogP contribution in [0.4, 0.5) is 0 Å². The van der Waals surface area contributed by atoms with Crippen molar-refractivity contribution in [2.24, 2.45) is 5.92 Å². The third-order valence-corrected chi connectivity index (χ3v) is 5.59. The first-order chi connectivity index (χ1) is 14.9. The van der Waals surface area contributed by atoms with Gasteiger partial charge in [0.1, 0.15) is 6.10 Å². The zero-order valence-corrected chi connectivity index (χ0v) is 17.2. The maximum atomic E-state index is 13.2. The number of esters is 1. The third kappa shape index (κ3) is 4.92. The Bertz CT molecular complexity index is 850. The van der Waals surface area contributed by atoms with E-state index in [0.29, 0.717) is 30.7 Å². The summed E-state index contributed by atoms with van der Waals surface area (Å²) in [6.07, 6.45) is 3.34. The van der Waals surface area contributed by atoms with E-state index >= 15 is 0 Å². The number of carboxylic acid groups (broad SMARTS) is 1. The molecule has 0 radical (unpaired) electrons. The van der Waals surface area contributed by atoms with E-state index in [2.05, 4.69) is 10.6 Å². The number of hydrogen-bond donors (Lipinski definition) is 3. The van der Waals surface area contributed by atoms with Gasteiger partial charge < -0.3 is 20.5 Å². The molecule has 1 fully saturated rings. The van der Waals surface area contributed by atoms with Gasteiger partial charge in [0, 0.05) is 16.7 Å². The van der Waals surface area contributed by atoms with Gasteiger partial charge >= 0.3 is 11.9 Å². The van der Waals surface area contributed by atoms with Gasteiger partial charge in [-0.05, 0) is 45.2 Å². The number of rotatable bonds is 12. The predicted octanol–water partition coefficient (Wildman–Crippen LogP) is 0.527. The van der Waals surface area contributed by atoms with Crippen molar-refractivity contribution >= 4 is 24.1 Å². The van der Waals surface area contributed by atoms with Crippen LogP contribution in [0.5, 0.6) is 0 Å². The number of benzene rings is 1. The van der Waals surface area contributed by atoms with Crippen molar-refractivity contribution in [3.05, 3.63) is 34.9 Å². The minimum absolute atomic E-state index is 0.181. The first-order valence-corrected chi connectivity index (χ1v) is 10.2. The van der Waals surface area contributed by atoms with E-state index in [1.54, 1.807) is 12.1 Å². The smallest absolute Gasteiger partial charge is 0.351 e. The maximum absolute atomic E-state index is 13.2. The topological polar surface area (TPSA) is 140 Å². The fourth-order valence-corrected chi connectivity index (χ4v) is 4.08. The highest BCUT2D eigenvalue weighted by Gasteiger charge is 2.64. The SMILES string of the molecule is CNCC1CCC(OC(=O)C2(OOCC(=O)O)c3cccc(C(=O)CNC=O)c32)CC1. The molecular weight excluding hydrogens is 408 g/mol. The Morgan fingerprint density at radius 3 is 2.61 bits per heavy atom. The molecule has 2 aliphatic carbocycles. The number of Topliss-reactive ketones (excluding diaryl/α,β-unsaturated/α-hetero) is 1. The van der Waals surface area contributed by atoms with Gasteiger partial charge in [0.05, 0.1) is 6.54 Å². The van der Waals surface area contributed by atoms with Crippen LogP contribution in [0.1, 0.15) is 47.2 Å². The first-order valence-electron chi connectivity index (χ1n) is 10.2. The predicted molar refractivity (Wildman–Crippen MR) is 106 cm³/mol. The van der Waals surface area contributed by atoms with Crippen molar-refractivity contribution in [1.29, 1.82) is 0 Å². The maximum Gasteiger partial charge on any atom is 0.351 e. The summed E-state index contributed by atoms with van der Waals surface area (Å²) in [6.45, 7) is -0.132. The average molecular weight is 434 g/mol. The van der Waals surface area contributed by atoms with Gasteiger partial charge in [-0.3, -0.25) is 9.59 Å². The Morgan fingerprint density at radius 1 is 1.23 bits per heavy atom. The van der Waals surface area contributed by atoms with Crippen LogP contribution < -0.4 is 10.6 Å². The number of fused-ring (bicyclic) bond motifs is 1. The molecule has 0 heterocycles. The van der Waals surface area contributed by atoms with Crippen LogP contribution in [0.3, 0.4) is 0 Å². The summed E-state index contributed by atoms with van der Waals surface area (Å²) < 4.78 is 5.71. The fraction of sp³-hybridized carbons (Fsp3) is 0.524. The summed E-state index contributed by atoms with van der Waals surface area (Å²) in [7, 11) is 1.90. The van der Waals surface area contributed by atoms with Crippen molar-refractivity contribution in [2.75, 3.05) is 26.7 Å². The summed E-state index contributed by atoms with van der Waals surface area (Å²) in [5.74, 6) is -1.92. The molecule has 1 atom stereocenters. The molecule has 10 nitrogen and oxygen atoms in total. The van der Waals surface area contributed by atoms with E-state index in [-0.39, 0.29) is 23.8 Å². The van der Waals surface area contributed by atoms with Crippen molar-refractivity contribution in [3.8, 4) is 0 Å². The van der Waals surface area contributed by atoms with E-state index in [9.17, 15) is 19.2 Å². The monoisotopic (exact) mass is 434 g/mol. The Labute approximate surface area is 179 Å². The zero-order chi connectivity index (χ0) is 22.4. The Hall–Kier alpha value is -2.82. The Balaban J connectivity index is 1.76. The van der Waals surface area contributed by atoms with Crippen LogP contribution in [0.2, 0.25) is 0 Å². The largest absolute Gasteiger partial charge is 0.479 e. The summed E-state index contributed by atoms with van der Waals surface area (Å²) in [4.78, 5) is 57.0. The van der Waals surface area contributed by atoms with Crippen LogP contribution in [0.15, 0.2) is 18.2 Å². The van der Waals surface area contributed by atoms with Gasteiger partial charge in [0.15, 0.2) is 12.4 Å². The number of carbonyl (C=O) groups excluding carboxylic acids is 3. The van der Waals surface area contributed by atoms with E-state index in [1.807, 2.05) is 7.05 Å². The van der Waals surface area contributed by atoms with Gasteiger partial charge in [-0.2, -0.15) is 0 Å². The lowest BCUT2D eigenvalue weighted by Gasteiger charge is -2.29. The summed E-state index contributed by atoms with van der Waals surface area (Å²) >= 11 is 0. The fourth-order valence-electron chi connectivity index (χ4n) is 4.08. The number of ketones is 1. The van der Waals surface area contributed by atoms with Crippen LogP contribution in [-0.2, 0) is 34.5 Å². The second kappa shape index (κ2) is 9.99. The molecule has 0 bridgehead atoms. The van der Waals surface area contributed by atoms with E-state index in [4.69, 9.17) is 19.6 Å². The molecule has 0 saturated heterocycles. The molecule has 31 heavy (non-hydrogen) atoms. The Morgan fingerprint density at radius 2 is 1.97 bits per heavy atom. The summed E-state index contributed by atoms with van der Waals surface area (Å²) in [6, 6.07) is 4.67. The normalized spacial score (nSPS) is 24.0. The highest BCUT2D eigenvalue weighted by molar-refractivity contribution is 6.07. The molecular formula is C21H26N2O8. The van der Waals surface area contributed by atoms with Crippen molar-refractivity contribution in [2.45, 2.75) is 37.4 Å². The minimum Gasteiger partial charge on any atom is -0.479 e.